The zero-order valence-corrected chi connectivity index (χ0v) is 27.9. The Kier molecular flexibility index (Phi) is 10.7. The van der Waals surface area contributed by atoms with Crippen LogP contribution in [0, 0.1) is 11.8 Å². The minimum absolute atomic E-state index is 0.0511. The predicted molar refractivity (Wildman–Crippen MR) is 179 cm³/mol. The van der Waals surface area contributed by atoms with Crippen LogP contribution >= 0.6 is 0 Å². The van der Waals surface area contributed by atoms with Crippen molar-refractivity contribution in [2.24, 2.45) is 11.8 Å². The van der Waals surface area contributed by atoms with Gasteiger partial charge in [-0.2, -0.15) is 4.31 Å². The van der Waals surface area contributed by atoms with Crippen LogP contribution in [-0.4, -0.2) is 68.0 Å². The summed E-state index contributed by atoms with van der Waals surface area (Å²) in [5.74, 6) is 2.29. The number of rotatable bonds is 16. The van der Waals surface area contributed by atoms with E-state index in [1.807, 2.05) is 61.5 Å². The van der Waals surface area contributed by atoms with Gasteiger partial charge < -0.3 is 9.47 Å². The molecule has 3 aromatic carbocycles. The van der Waals surface area contributed by atoms with E-state index in [0.29, 0.717) is 49.3 Å². The van der Waals surface area contributed by atoms with Crippen molar-refractivity contribution in [2.45, 2.75) is 71.1 Å². The lowest BCUT2D eigenvalue weighted by Gasteiger charge is -2.27. The van der Waals surface area contributed by atoms with E-state index in [2.05, 4.69) is 49.9 Å². The third-order valence-corrected chi connectivity index (χ3v) is 11.0. The summed E-state index contributed by atoms with van der Waals surface area (Å²) in [6, 6.07) is 26.0. The molecule has 4 atom stereocenters. The van der Waals surface area contributed by atoms with E-state index >= 15 is 0 Å². The van der Waals surface area contributed by atoms with Gasteiger partial charge in [-0.05, 0) is 64.6 Å². The Balaban J connectivity index is 1.13. The van der Waals surface area contributed by atoms with Crippen LogP contribution in [0.4, 0.5) is 0 Å². The molecule has 7 nitrogen and oxygen atoms in total. The van der Waals surface area contributed by atoms with Crippen LogP contribution < -0.4 is 9.47 Å². The summed E-state index contributed by atoms with van der Waals surface area (Å²) in [5, 5.41) is 0. The smallest absolute Gasteiger partial charge is 0.214 e. The Morgan fingerprint density at radius 3 is 2.16 bits per heavy atom. The Morgan fingerprint density at radius 1 is 0.911 bits per heavy atom. The van der Waals surface area contributed by atoms with Crippen LogP contribution in [0.1, 0.15) is 57.2 Å². The Hall–Kier alpha value is -3.20. The third-order valence-electron chi connectivity index (χ3n) is 9.02. The molecule has 0 radical (unpaired) electrons. The highest BCUT2D eigenvalue weighted by Gasteiger charge is 2.60. The van der Waals surface area contributed by atoms with E-state index < -0.39 is 16.1 Å². The average molecular weight is 633 g/mol. The molecule has 2 aliphatic rings. The van der Waals surface area contributed by atoms with Gasteiger partial charge in [-0.1, -0.05) is 88.7 Å². The van der Waals surface area contributed by atoms with E-state index in [9.17, 15) is 13.2 Å². The highest BCUT2D eigenvalue weighted by Crippen LogP contribution is 2.50. The number of carbonyl (C=O) groups excluding carboxylic acids is 1. The van der Waals surface area contributed by atoms with Gasteiger partial charge in [0.2, 0.25) is 10.0 Å². The number of nitrogens with zero attached hydrogens (tertiary/aromatic N) is 2. The minimum atomic E-state index is -3.37. The van der Waals surface area contributed by atoms with Crippen molar-refractivity contribution in [1.29, 1.82) is 0 Å². The molecule has 5 rings (SSSR count). The zero-order chi connectivity index (χ0) is 32.0. The molecule has 0 spiro atoms. The normalized spacial score (nSPS) is 20.5. The van der Waals surface area contributed by atoms with E-state index in [1.165, 1.54) is 11.1 Å². The lowest BCUT2D eigenvalue weighted by molar-refractivity contribution is -0.113. The molecule has 0 aromatic heterocycles. The second kappa shape index (κ2) is 14.5. The standard InChI is InChI=1S/C37H48N2O5S/c1-5-6-22-45(41,42)39(36-34-25-38(26-35(34)36)24-29-10-8-7-9-11-29)20-21-43-31-16-12-28(13-17-31)23-33(27-40)44-32-18-14-30(15-19-32)37(2,3)4/h7-19,27,33-36H,5-6,20-26H2,1-4H3/t33-,34-,35+,36?/m0/s1. The molecule has 1 unspecified atom stereocenters. The number of hydrogen-bond acceptors (Lipinski definition) is 6. The average Bonchev–Trinajstić information content (AvgIpc) is 3.50. The second-order valence-corrected chi connectivity index (χ2v) is 15.6. The number of ether oxygens (including phenoxy) is 2. The summed E-state index contributed by atoms with van der Waals surface area (Å²) in [4.78, 5) is 14.2. The van der Waals surface area contributed by atoms with E-state index in [1.54, 1.807) is 4.31 Å². The van der Waals surface area contributed by atoms with Crippen molar-refractivity contribution >= 4 is 16.3 Å². The number of piperidine rings is 1. The Morgan fingerprint density at radius 2 is 1.56 bits per heavy atom. The third kappa shape index (κ3) is 8.75. The summed E-state index contributed by atoms with van der Waals surface area (Å²) in [6.07, 6.45) is 2.19. The molecule has 1 aliphatic carbocycles. The summed E-state index contributed by atoms with van der Waals surface area (Å²) in [7, 11) is -3.37. The number of aldehydes is 1. The fourth-order valence-corrected chi connectivity index (χ4v) is 8.36. The molecule has 8 heteroatoms. The van der Waals surface area contributed by atoms with Gasteiger partial charge in [0.1, 0.15) is 18.1 Å². The molecule has 242 valence electrons. The van der Waals surface area contributed by atoms with Crippen LogP contribution in [0.3, 0.4) is 0 Å². The lowest BCUT2D eigenvalue weighted by atomic mass is 9.87. The van der Waals surface area contributed by atoms with Gasteiger partial charge >= 0.3 is 0 Å². The SMILES string of the molecule is CCCCS(=O)(=O)N(CCOc1ccc(C[C@@H](C=O)Oc2ccc(C(C)(C)C)cc2)cc1)C1[C@H]2CN(Cc3ccccc3)C[C@@H]12. The molecular weight excluding hydrogens is 584 g/mol. The monoisotopic (exact) mass is 632 g/mol. The van der Waals surface area contributed by atoms with Crippen molar-refractivity contribution in [3.05, 3.63) is 95.6 Å². The first-order chi connectivity index (χ1) is 21.6. The fourth-order valence-electron chi connectivity index (χ4n) is 6.43. The number of unbranched alkanes of at least 4 members (excludes halogenated alkanes) is 1. The van der Waals surface area contributed by atoms with E-state index in [4.69, 9.17) is 9.47 Å². The van der Waals surface area contributed by atoms with E-state index in [-0.39, 0.29) is 17.2 Å². The van der Waals surface area contributed by atoms with Gasteiger partial charge in [0, 0.05) is 38.6 Å². The number of sulfonamides is 1. The van der Waals surface area contributed by atoms with Gasteiger partial charge in [-0.25, -0.2) is 8.42 Å². The first-order valence-electron chi connectivity index (χ1n) is 16.3. The van der Waals surface area contributed by atoms with Gasteiger partial charge in [0.25, 0.3) is 0 Å². The zero-order valence-electron chi connectivity index (χ0n) is 27.1. The minimum Gasteiger partial charge on any atom is -0.492 e. The van der Waals surface area contributed by atoms with Gasteiger partial charge in [-0.15, -0.1) is 0 Å². The molecule has 0 N–H and O–H groups in total. The van der Waals surface area contributed by atoms with Crippen molar-refractivity contribution < 1.29 is 22.7 Å². The molecule has 3 aromatic rings. The van der Waals surface area contributed by atoms with Crippen molar-refractivity contribution in [1.82, 2.24) is 9.21 Å². The highest BCUT2D eigenvalue weighted by atomic mass is 32.2. The topological polar surface area (TPSA) is 76.1 Å². The Bertz CT molecular complexity index is 1470. The maximum absolute atomic E-state index is 13.4. The fraction of sp³-hybridized carbons (Fsp3) is 0.486. The van der Waals surface area contributed by atoms with Crippen molar-refractivity contribution in [2.75, 3.05) is 32.0 Å². The lowest BCUT2D eigenvalue weighted by Crippen LogP contribution is -2.42. The number of carbonyl (C=O) groups is 1. The summed E-state index contributed by atoms with van der Waals surface area (Å²) in [6.45, 7) is 11.9. The highest BCUT2D eigenvalue weighted by molar-refractivity contribution is 7.89. The predicted octanol–water partition coefficient (Wildman–Crippen LogP) is 6.11. The van der Waals surface area contributed by atoms with Crippen LogP contribution in [0.25, 0.3) is 0 Å². The maximum Gasteiger partial charge on any atom is 0.214 e. The molecule has 0 bridgehead atoms. The van der Waals surface area contributed by atoms with Crippen molar-refractivity contribution in [3.63, 3.8) is 0 Å². The van der Waals surface area contributed by atoms with Gasteiger partial charge in [0.15, 0.2) is 12.4 Å². The summed E-state index contributed by atoms with van der Waals surface area (Å²) < 4.78 is 40.5. The second-order valence-electron chi connectivity index (χ2n) is 13.5. The molecule has 1 aliphatic heterocycles. The molecule has 2 fully saturated rings. The molecule has 45 heavy (non-hydrogen) atoms. The summed E-state index contributed by atoms with van der Waals surface area (Å²) >= 11 is 0. The molecule has 1 heterocycles. The van der Waals surface area contributed by atoms with Crippen LogP contribution in [0.2, 0.25) is 0 Å². The maximum atomic E-state index is 13.4. The molecule has 1 saturated carbocycles. The first kappa shape index (κ1) is 33.2. The van der Waals surface area contributed by atoms with Crippen LogP contribution in [0.15, 0.2) is 78.9 Å². The number of benzene rings is 3. The Labute approximate surface area is 269 Å². The van der Waals surface area contributed by atoms with Crippen LogP contribution in [0.5, 0.6) is 11.5 Å². The molecule has 0 amide bonds. The molecule has 1 saturated heterocycles. The van der Waals surface area contributed by atoms with Gasteiger partial charge in [0.05, 0.1) is 5.75 Å². The van der Waals surface area contributed by atoms with E-state index in [0.717, 1.165) is 37.9 Å². The molecular formula is C37H48N2O5S. The first-order valence-corrected chi connectivity index (χ1v) is 17.9. The number of likely N-dealkylation sites (tertiary alicyclic amines) is 1. The largest absolute Gasteiger partial charge is 0.492 e. The summed E-state index contributed by atoms with van der Waals surface area (Å²) in [5.41, 5.74) is 3.51. The van der Waals surface area contributed by atoms with Crippen LogP contribution in [-0.2, 0) is 33.2 Å². The number of hydrogen-bond donors (Lipinski definition) is 0. The van der Waals surface area contributed by atoms with Gasteiger partial charge in [-0.3, -0.25) is 9.69 Å². The number of fused-ring (bicyclic) bond motifs is 1. The van der Waals surface area contributed by atoms with Crippen molar-refractivity contribution in [3.8, 4) is 11.5 Å². The quantitative estimate of drug-likeness (QED) is 0.177.